The highest BCUT2D eigenvalue weighted by molar-refractivity contribution is 5.88. The first-order valence-electron chi connectivity index (χ1n) is 5.86. The Labute approximate surface area is 95.1 Å². The molecule has 1 aliphatic rings. The minimum absolute atomic E-state index is 0.119. The summed E-state index contributed by atoms with van der Waals surface area (Å²) in [5.41, 5.74) is 2.64. The van der Waals surface area contributed by atoms with Gasteiger partial charge in [-0.2, -0.15) is 0 Å². The van der Waals surface area contributed by atoms with E-state index in [9.17, 15) is 4.79 Å². The zero-order chi connectivity index (χ0) is 11.0. The number of hydrogen-bond acceptors (Lipinski definition) is 1. The van der Waals surface area contributed by atoms with Crippen LogP contribution in [0.25, 0.3) is 10.8 Å². The number of carbonyl (C=O) groups excluding carboxylic acids is 1. The molecular formula is C15H14O. The quantitative estimate of drug-likeness (QED) is 0.659. The standard InChI is InChI=1S/C15H14O/c16-10-12-5-3-7-15-13-6-2-1-4-11(13)8-9-14(12)15/h1-2,4,6,8-10,12H,3,5,7H2. The molecule has 1 heteroatoms. The molecule has 1 aliphatic carbocycles. The largest absolute Gasteiger partial charge is 0.303 e. The van der Waals surface area contributed by atoms with Crippen LogP contribution in [-0.4, -0.2) is 6.29 Å². The zero-order valence-electron chi connectivity index (χ0n) is 9.15. The van der Waals surface area contributed by atoms with Gasteiger partial charge in [-0.25, -0.2) is 0 Å². The molecule has 0 saturated heterocycles. The number of aldehydes is 1. The molecule has 80 valence electrons. The van der Waals surface area contributed by atoms with Crippen LogP contribution in [0.4, 0.5) is 0 Å². The molecule has 0 saturated carbocycles. The molecule has 1 unspecified atom stereocenters. The molecule has 16 heavy (non-hydrogen) atoms. The molecule has 2 aromatic rings. The Balaban J connectivity index is 2.29. The highest BCUT2D eigenvalue weighted by Gasteiger charge is 2.20. The Morgan fingerprint density at radius 3 is 2.88 bits per heavy atom. The molecule has 2 aromatic carbocycles. The summed E-state index contributed by atoms with van der Waals surface area (Å²) >= 11 is 0. The van der Waals surface area contributed by atoms with E-state index in [0.29, 0.717) is 0 Å². The lowest BCUT2D eigenvalue weighted by molar-refractivity contribution is -0.109. The normalized spacial score (nSPS) is 19.4. The maximum atomic E-state index is 11.1. The van der Waals surface area contributed by atoms with Crippen molar-refractivity contribution in [3.8, 4) is 0 Å². The molecule has 3 rings (SSSR count). The molecule has 1 nitrogen and oxygen atoms in total. The number of aryl methyl sites for hydroxylation is 1. The van der Waals surface area contributed by atoms with E-state index in [1.807, 2.05) is 0 Å². The average molecular weight is 210 g/mol. The first-order valence-corrected chi connectivity index (χ1v) is 5.86. The van der Waals surface area contributed by atoms with Gasteiger partial charge in [-0.1, -0.05) is 36.4 Å². The lowest BCUT2D eigenvalue weighted by atomic mass is 9.81. The van der Waals surface area contributed by atoms with Crippen molar-refractivity contribution in [3.05, 3.63) is 47.5 Å². The molecule has 0 radical (unpaired) electrons. The molecular weight excluding hydrogens is 196 g/mol. The Morgan fingerprint density at radius 2 is 2.00 bits per heavy atom. The fourth-order valence-corrected chi connectivity index (χ4v) is 2.77. The molecule has 0 fully saturated rings. The highest BCUT2D eigenvalue weighted by Crippen LogP contribution is 2.34. The maximum Gasteiger partial charge on any atom is 0.127 e. The van der Waals surface area contributed by atoms with E-state index < -0.39 is 0 Å². The summed E-state index contributed by atoms with van der Waals surface area (Å²) in [7, 11) is 0. The Bertz CT molecular complexity index is 542. The van der Waals surface area contributed by atoms with E-state index in [-0.39, 0.29) is 5.92 Å². The van der Waals surface area contributed by atoms with Crippen molar-refractivity contribution in [2.24, 2.45) is 0 Å². The topological polar surface area (TPSA) is 17.1 Å². The first kappa shape index (κ1) is 9.59. The molecule has 0 bridgehead atoms. The molecule has 0 aromatic heterocycles. The van der Waals surface area contributed by atoms with Gasteiger partial charge in [-0.3, -0.25) is 0 Å². The van der Waals surface area contributed by atoms with Gasteiger partial charge in [-0.15, -0.1) is 0 Å². The lowest BCUT2D eigenvalue weighted by Crippen LogP contribution is -2.11. The van der Waals surface area contributed by atoms with Crippen LogP contribution in [0.15, 0.2) is 36.4 Å². The minimum Gasteiger partial charge on any atom is -0.303 e. The van der Waals surface area contributed by atoms with Crippen LogP contribution in [-0.2, 0) is 11.2 Å². The molecule has 0 heterocycles. The summed E-state index contributed by atoms with van der Waals surface area (Å²) in [6.45, 7) is 0. The van der Waals surface area contributed by atoms with Crippen LogP contribution in [0.2, 0.25) is 0 Å². The van der Waals surface area contributed by atoms with Crippen LogP contribution >= 0.6 is 0 Å². The van der Waals surface area contributed by atoms with E-state index in [2.05, 4.69) is 36.4 Å². The van der Waals surface area contributed by atoms with E-state index >= 15 is 0 Å². The van der Waals surface area contributed by atoms with Crippen molar-refractivity contribution in [2.75, 3.05) is 0 Å². The third-order valence-electron chi connectivity index (χ3n) is 3.58. The summed E-state index contributed by atoms with van der Waals surface area (Å²) in [6.07, 6.45) is 4.35. The number of hydrogen-bond donors (Lipinski definition) is 0. The molecule has 0 amide bonds. The molecule has 0 aliphatic heterocycles. The number of carbonyl (C=O) groups is 1. The zero-order valence-corrected chi connectivity index (χ0v) is 9.15. The fourth-order valence-electron chi connectivity index (χ4n) is 2.77. The SMILES string of the molecule is O=CC1CCCc2c1ccc1ccccc21. The van der Waals surface area contributed by atoms with Crippen molar-refractivity contribution >= 4 is 17.1 Å². The number of rotatable bonds is 1. The third kappa shape index (κ3) is 1.35. The summed E-state index contributed by atoms with van der Waals surface area (Å²) in [5.74, 6) is 0.119. The van der Waals surface area contributed by atoms with Gasteiger partial charge in [-0.05, 0) is 41.2 Å². The molecule has 0 N–H and O–H groups in total. The Morgan fingerprint density at radius 1 is 1.12 bits per heavy atom. The maximum absolute atomic E-state index is 11.1. The van der Waals surface area contributed by atoms with Gasteiger partial charge in [0.25, 0.3) is 0 Å². The number of benzene rings is 2. The van der Waals surface area contributed by atoms with Crippen LogP contribution < -0.4 is 0 Å². The van der Waals surface area contributed by atoms with E-state index in [0.717, 1.165) is 25.5 Å². The Hall–Kier alpha value is -1.63. The van der Waals surface area contributed by atoms with Gasteiger partial charge < -0.3 is 4.79 Å². The average Bonchev–Trinajstić information content (AvgIpc) is 2.37. The Kier molecular flexibility index (Phi) is 2.24. The van der Waals surface area contributed by atoms with Gasteiger partial charge >= 0.3 is 0 Å². The molecule has 0 spiro atoms. The predicted molar refractivity (Wildman–Crippen MR) is 65.7 cm³/mol. The third-order valence-corrected chi connectivity index (χ3v) is 3.58. The summed E-state index contributed by atoms with van der Waals surface area (Å²) < 4.78 is 0. The smallest absolute Gasteiger partial charge is 0.127 e. The second-order valence-electron chi connectivity index (χ2n) is 4.49. The van der Waals surface area contributed by atoms with E-state index in [1.54, 1.807) is 0 Å². The van der Waals surface area contributed by atoms with Crippen molar-refractivity contribution in [2.45, 2.75) is 25.2 Å². The summed E-state index contributed by atoms with van der Waals surface area (Å²) in [6, 6.07) is 12.7. The van der Waals surface area contributed by atoms with Gasteiger partial charge in [0.1, 0.15) is 6.29 Å². The number of fused-ring (bicyclic) bond motifs is 3. The molecule has 1 atom stereocenters. The van der Waals surface area contributed by atoms with E-state index in [1.165, 1.54) is 21.9 Å². The van der Waals surface area contributed by atoms with Crippen LogP contribution in [0, 0.1) is 0 Å². The van der Waals surface area contributed by atoms with E-state index in [4.69, 9.17) is 0 Å². The second kappa shape index (κ2) is 3.75. The van der Waals surface area contributed by atoms with Crippen LogP contribution in [0.1, 0.15) is 29.9 Å². The summed E-state index contributed by atoms with van der Waals surface area (Å²) in [5, 5.41) is 2.61. The summed E-state index contributed by atoms with van der Waals surface area (Å²) in [4.78, 5) is 11.1. The fraction of sp³-hybridized carbons (Fsp3) is 0.267. The van der Waals surface area contributed by atoms with Gasteiger partial charge in [0.05, 0.1) is 0 Å². The first-order chi connectivity index (χ1) is 7.90. The van der Waals surface area contributed by atoms with Crippen molar-refractivity contribution in [1.29, 1.82) is 0 Å². The van der Waals surface area contributed by atoms with Crippen LogP contribution in [0.5, 0.6) is 0 Å². The lowest BCUT2D eigenvalue weighted by Gasteiger charge is -2.22. The predicted octanol–water partition coefficient (Wildman–Crippen LogP) is 3.46. The van der Waals surface area contributed by atoms with Crippen molar-refractivity contribution in [1.82, 2.24) is 0 Å². The van der Waals surface area contributed by atoms with Crippen LogP contribution in [0.3, 0.4) is 0 Å². The van der Waals surface area contributed by atoms with Gasteiger partial charge in [0.15, 0.2) is 0 Å². The second-order valence-corrected chi connectivity index (χ2v) is 4.49. The highest BCUT2D eigenvalue weighted by atomic mass is 16.1. The van der Waals surface area contributed by atoms with Crippen molar-refractivity contribution in [3.63, 3.8) is 0 Å². The van der Waals surface area contributed by atoms with Gasteiger partial charge in [0.2, 0.25) is 0 Å². The monoisotopic (exact) mass is 210 g/mol. The van der Waals surface area contributed by atoms with Crippen molar-refractivity contribution < 1.29 is 4.79 Å². The minimum atomic E-state index is 0.119. The van der Waals surface area contributed by atoms with Gasteiger partial charge in [0, 0.05) is 5.92 Å².